The molecule has 0 saturated heterocycles. The average molecular weight is 279 g/mol. The highest BCUT2D eigenvalue weighted by atomic mass is 16.5. The molecule has 4 heteroatoms. The zero-order chi connectivity index (χ0) is 15.2. The topological polar surface area (TPSA) is 58.6 Å². The van der Waals surface area contributed by atoms with Gasteiger partial charge in [0.15, 0.2) is 0 Å². The lowest BCUT2D eigenvalue weighted by Gasteiger charge is -2.33. The van der Waals surface area contributed by atoms with Crippen molar-refractivity contribution in [2.75, 3.05) is 6.61 Å². The van der Waals surface area contributed by atoms with Gasteiger partial charge in [0.05, 0.1) is 6.10 Å². The van der Waals surface area contributed by atoms with Crippen LogP contribution in [0.4, 0.5) is 0 Å². The van der Waals surface area contributed by atoms with E-state index in [1.165, 1.54) is 0 Å². The second-order valence-corrected chi connectivity index (χ2v) is 5.55. The number of carbonyl (C=O) groups is 1. The van der Waals surface area contributed by atoms with Gasteiger partial charge >= 0.3 is 5.97 Å². The molecule has 20 heavy (non-hydrogen) atoms. The van der Waals surface area contributed by atoms with Crippen LogP contribution >= 0.6 is 0 Å². The predicted molar refractivity (Wildman–Crippen MR) is 79.7 cm³/mol. The Balaban J connectivity index is 3.05. The van der Waals surface area contributed by atoms with Crippen molar-refractivity contribution in [2.24, 2.45) is 0 Å². The summed E-state index contributed by atoms with van der Waals surface area (Å²) >= 11 is 0. The summed E-state index contributed by atoms with van der Waals surface area (Å²) in [6.45, 7) is 8.19. The van der Waals surface area contributed by atoms with Crippen LogP contribution in [0.5, 0.6) is 0 Å². The number of aliphatic carboxylic acids is 1. The SMILES string of the molecule is CC(C)NC(CCOC(C)C)(C(=O)O)c1ccccc1. The van der Waals surface area contributed by atoms with Crippen LogP contribution in [-0.4, -0.2) is 29.8 Å². The van der Waals surface area contributed by atoms with Crippen molar-refractivity contribution in [3.05, 3.63) is 35.9 Å². The molecule has 0 bridgehead atoms. The molecular weight excluding hydrogens is 254 g/mol. The van der Waals surface area contributed by atoms with Crippen molar-refractivity contribution in [3.8, 4) is 0 Å². The standard InChI is InChI=1S/C16H25NO3/c1-12(2)17-16(15(18)19,10-11-20-13(3)4)14-8-6-5-7-9-14/h5-9,12-13,17H,10-11H2,1-4H3,(H,18,19). The largest absolute Gasteiger partial charge is 0.480 e. The minimum absolute atomic E-state index is 0.0605. The second kappa shape index (κ2) is 7.41. The Labute approximate surface area is 121 Å². The van der Waals surface area contributed by atoms with Crippen LogP contribution in [0.3, 0.4) is 0 Å². The maximum atomic E-state index is 11.9. The molecule has 0 aliphatic rings. The third-order valence-corrected chi connectivity index (χ3v) is 3.10. The molecular formula is C16H25NO3. The van der Waals surface area contributed by atoms with Gasteiger partial charge in [0, 0.05) is 19.1 Å². The van der Waals surface area contributed by atoms with E-state index < -0.39 is 11.5 Å². The van der Waals surface area contributed by atoms with E-state index in [9.17, 15) is 9.90 Å². The molecule has 0 radical (unpaired) electrons. The molecule has 0 aliphatic carbocycles. The van der Waals surface area contributed by atoms with Gasteiger partial charge in [0.2, 0.25) is 0 Å². The Bertz CT molecular complexity index is 417. The van der Waals surface area contributed by atoms with Crippen LogP contribution in [0.25, 0.3) is 0 Å². The number of hydrogen-bond donors (Lipinski definition) is 2. The van der Waals surface area contributed by atoms with E-state index in [2.05, 4.69) is 5.32 Å². The fraction of sp³-hybridized carbons (Fsp3) is 0.562. The van der Waals surface area contributed by atoms with Crippen molar-refractivity contribution in [3.63, 3.8) is 0 Å². The number of carboxylic acid groups (broad SMARTS) is 1. The lowest BCUT2D eigenvalue weighted by Crippen LogP contribution is -2.52. The minimum atomic E-state index is -1.11. The fourth-order valence-corrected chi connectivity index (χ4v) is 2.26. The molecule has 0 spiro atoms. The molecule has 0 aromatic heterocycles. The summed E-state index contributed by atoms with van der Waals surface area (Å²) in [5, 5.41) is 13.0. The highest BCUT2D eigenvalue weighted by Gasteiger charge is 2.40. The van der Waals surface area contributed by atoms with E-state index in [1.807, 2.05) is 58.0 Å². The number of ether oxygens (including phenoxy) is 1. The van der Waals surface area contributed by atoms with E-state index >= 15 is 0 Å². The molecule has 1 unspecified atom stereocenters. The van der Waals surface area contributed by atoms with Gasteiger partial charge in [0.1, 0.15) is 5.54 Å². The molecule has 0 amide bonds. The van der Waals surface area contributed by atoms with Crippen molar-refractivity contribution < 1.29 is 14.6 Å². The number of nitrogens with one attached hydrogen (secondary N) is 1. The van der Waals surface area contributed by atoms with Crippen LogP contribution in [0.1, 0.15) is 39.7 Å². The summed E-state index contributed by atoms with van der Waals surface area (Å²) in [6.07, 6.45) is 0.485. The molecule has 112 valence electrons. The predicted octanol–water partition coefficient (Wildman–Crippen LogP) is 2.78. The second-order valence-electron chi connectivity index (χ2n) is 5.55. The Morgan fingerprint density at radius 3 is 2.30 bits per heavy atom. The first kappa shape index (κ1) is 16.7. The summed E-state index contributed by atoms with van der Waals surface area (Å²) in [7, 11) is 0. The summed E-state index contributed by atoms with van der Waals surface area (Å²) < 4.78 is 5.55. The van der Waals surface area contributed by atoms with E-state index in [0.717, 1.165) is 5.56 Å². The number of hydrogen-bond acceptors (Lipinski definition) is 3. The van der Waals surface area contributed by atoms with Gasteiger partial charge in [-0.05, 0) is 33.3 Å². The average Bonchev–Trinajstić information content (AvgIpc) is 2.37. The summed E-state index contributed by atoms with van der Waals surface area (Å²) in [6, 6.07) is 9.36. The molecule has 0 aliphatic heterocycles. The maximum absolute atomic E-state index is 11.9. The van der Waals surface area contributed by atoms with Crippen LogP contribution < -0.4 is 5.32 Å². The van der Waals surface area contributed by atoms with E-state index in [1.54, 1.807) is 0 Å². The molecule has 1 rings (SSSR count). The first-order valence-corrected chi connectivity index (χ1v) is 7.06. The van der Waals surface area contributed by atoms with Gasteiger partial charge in [-0.15, -0.1) is 0 Å². The molecule has 0 heterocycles. The maximum Gasteiger partial charge on any atom is 0.328 e. The Morgan fingerprint density at radius 1 is 1.25 bits per heavy atom. The van der Waals surface area contributed by atoms with Crippen molar-refractivity contribution >= 4 is 5.97 Å². The van der Waals surface area contributed by atoms with E-state index in [0.29, 0.717) is 13.0 Å². The van der Waals surface area contributed by atoms with Crippen molar-refractivity contribution in [2.45, 2.75) is 51.8 Å². The fourth-order valence-electron chi connectivity index (χ4n) is 2.26. The first-order chi connectivity index (χ1) is 9.38. The molecule has 1 atom stereocenters. The smallest absolute Gasteiger partial charge is 0.328 e. The normalized spacial score (nSPS) is 14.5. The highest BCUT2D eigenvalue weighted by molar-refractivity contribution is 5.80. The van der Waals surface area contributed by atoms with Crippen LogP contribution in [0.2, 0.25) is 0 Å². The third-order valence-electron chi connectivity index (χ3n) is 3.10. The monoisotopic (exact) mass is 279 g/mol. The summed E-state index contributed by atoms with van der Waals surface area (Å²) in [5.74, 6) is -0.871. The van der Waals surface area contributed by atoms with Gasteiger partial charge in [-0.25, -0.2) is 4.79 Å². The Hall–Kier alpha value is -1.39. The molecule has 1 aromatic carbocycles. The van der Waals surface area contributed by atoms with Crippen LogP contribution in [0.15, 0.2) is 30.3 Å². The van der Waals surface area contributed by atoms with E-state index in [-0.39, 0.29) is 12.1 Å². The molecule has 0 saturated carbocycles. The molecule has 0 fully saturated rings. The van der Waals surface area contributed by atoms with Gasteiger partial charge in [0.25, 0.3) is 0 Å². The van der Waals surface area contributed by atoms with Crippen LogP contribution in [0, 0.1) is 0 Å². The van der Waals surface area contributed by atoms with Gasteiger partial charge < -0.3 is 9.84 Å². The lowest BCUT2D eigenvalue weighted by molar-refractivity contribution is -0.147. The summed E-state index contributed by atoms with van der Waals surface area (Å²) in [4.78, 5) is 11.9. The molecule has 1 aromatic rings. The van der Waals surface area contributed by atoms with Crippen LogP contribution in [-0.2, 0) is 15.1 Å². The molecule has 4 nitrogen and oxygen atoms in total. The lowest BCUT2D eigenvalue weighted by atomic mass is 9.86. The zero-order valence-electron chi connectivity index (χ0n) is 12.7. The highest BCUT2D eigenvalue weighted by Crippen LogP contribution is 2.26. The zero-order valence-corrected chi connectivity index (χ0v) is 12.7. The third kappa shape index (κ3) is 4.32. The number of benzene rings is 1. The van der Waals surface area contributed by atoms with Gasteiger partial charge in [-0.3, -0.25) is 5.32 Å². The molecule has 2 N–H and O–H groups in total. The number of carboxylic acids is 1. The first-order valence-electron chi connectivity index (χ1n) is 7.06. The quantitative estimate of drug-likeness (QED) is 0.768. The van der Waals surface area contributed by atoms with Crippen molar-refractivity contribution in [1.29, 1.82) is 0 Å². The van der Waals surface area contributed by atoms with Crippen molar-refractivity contribution in [1.82, 2.24) is 5.32 Å². The van der Waals surface area contributed by atoms with Gasteiger partial charge in [-0.1, -0.05) is 30.3 Å². The Kier molecular flexibility index (Phi) is 6.17. The minimum Gasteiger partial charge on any atom is -0.480 e. The number of rotatable bonds is 8. The summed E-state index contributed by atoms with van der Waals surface area (Å²) in [5.41, 5.74) is -0.349. The van der Waals surface area contributed by atoms with Gasteiger partial charge in [-0.2, -0.15) is 0 Å². The van der Waals surface area contributed by atoms with E-state index in [4.69, 9.17) is 4.74 Å². The Morgan fingerprint density at radius 2 is 1.85 bits per heavy atom.